The van der Waals surface area contributed by atoms with Crippen LogP contribution in [0.5, 0.6) is 0 Å². The molecular formula is C21H29Cl2N3O2. The second kappa shape index (κ2) is 9.10. The zero-order chi connectivity index (χ0) is 19.5. The largest absolute Gasteiger partial charge is 0.448 e. The standard InChI is InChI=1S/C21H29Cl2N3O2/c22-18-2-1-3-19(20(18)23)25-12-10-24(11-13-25)9-8-16-4-6-17(7-5-16)26-14-15-28-21(26)27/h1-3,16-17H,4-15H2. The number of halogens is 2. The van der Waals surface area contributed by atoms with E-state index in [0.717, 1.165) is 63.7 Å². The van der Waals surface area contributed by atoms with Gasteiger partial charge >= 0.3 is 6.09 Å². The number of amides is 1. The summed E-state index contributed by atoms with van der Waals surface area (Å²) in [5.74, 6) is 0.787. The van der Waals surface area contributed by atoms with E-state index in [-0.39, 0.29) is 6.09 Å². The molecule has 1 amide bonds. The molecule has 0 N–H and O–H groups in total. The predicted molar refractivity (Wildman–Crippen MR) is 114 cm³/mol. The number of ether oxygens (including phenoxy) is 1. The second-order valence-corrected chi connectivity index (χ2v) is 8.96. The topological polar surface area (TPSA) is 36.0 Å². The molecule has 0 atom stereocenters. The van der Waals surface area contributed by atoms with Crippen LogP contribution in [-0.4, -0.2) is 67.8 Å². The minimum atomic E-state index is -0.110. The average Bonchev–Trinajstić information content (AvgIpc) is 3.15. The van der Waals surface area contributed by atoms with E-state index in [1.807, 2.05) is 17.0 Å². The Labute approximate surface area is 177 Å². The maximum atomic E-state index is 11.7. The molecule has 3 aliphatic rings. The summed E-state index contributed by atoms with van der Waals surface area (Å²) in [6, 6.07) is 6.26. The number of rotatable bonds is 5. The van der Waals surface area contributed by atoms with Crippen LogP contribution in [-0.2, 0) is 4.74 Å². The fourth-order valence-electron chi connectivity index (χ4n) is 4.80. The number of piperazine rings is 1. The number of cyclic esters (lactones) is 1. The molecule has 2 aliphatic heterocycles. The van der Waals surface area contributed by atoms with Crippen LogP contribution < -0.4 is 4.90 Å². The molecule has 0 spiro atoms. The summed E-state index contributed by atoms with van der Waals surface area (Å²) in [4.78, 5) is 18.6. The van der Waals surface area contributed by atoms with Crippen molar-refractivity contribution in [2.75, 3.05) is 50.8 Å². The molecule has 0 radical (unpaired) electrons. The first-order valence-corrected chi connectivity index (χ1v) is 11.2. The smallest absolute Gasteiger partial charge is 0.410 e. The molecule has 3 fully saturated rings. The number of nitrogens with zero attached hydrogens (tertiary/aromatic N) is 3. The van der Waals surface area contributed by atoms with Crippen LogP contribution in [0, 0.1) is 5.92 Å². The van der Waals surface area contributed by atoms with Gasteiger partial charge in [-0.15, -0.1) is 0 Å². The van der Waals surface area contributed by atoms with E-state index in [1.54, 1.807) is 0 Å². The fraction of sp³-hybridized carbons (Fsp3) is 0.667. The summed E-state index contributed by atoms with van der Waals surface area (Å²) in [5, 5.41) is 1.29. The highest BCUT2D eigenvalue weighted by Gasteiger charge is 2.32. The van der Waals surface area contributed by atoms with Crippen molar-refractivity contribution in [1.29, 1.82) is 0 Å². The molecule has 1 aromatic rings. The number of carbonyl (C=O) groups excluding carboxylic acids is 1. The summed E-state index contributed by atoms with van der Waals surface area (Å²) < 4.78 is 5.09. The number of hydrogen-bond donors (Lipinski definition) is 0. The van der Waals surface area contributed by atoms with Crippen molar-refractivity contribution in [2.24, 2.45) is 5.92 Å². The highest BCUT2D eigenvalue weighted by molar-refractivity contribution is 6.43. The van der Waals surface area contributed by atoms with Crippen LogP contribution in [0.4, 0.5) is 10.5 Å². The lowest BCUT2D eigenvalue weighted by Crippen LogP contribution is -2.47. The average molecular weight is 426 g/mol. The highest BCUT2D eigenvalue weighted by Crippen LogP contribution is 2.33. The summed E-state index contributed by atoms with van der Waals surface area (Å²) >= 11 is 12.5. The van der Waals surface area contributed by atoms with Crippen LogP contribution >= 0.6 is 23.2 Å². The Hall–Kier alpha value is -1.17. The van der Waals surface area contributed by atoms with Gasteiger partial charge in [0.2, 0.25) is 0 Å². The first kappa shape index (κ1) is 20.1. The zero-order valence-electron chi connectivity index (χ0n) is 16.3. The lowest BCUT2D eigenvalue weighted by atomic mass is 9.83. The van der Waals surface area contributed by atoms with Crippen molar-refractivity contribution < 1.29 is 9.53 Å². The van der Waals surface area contributed by atoms with Gasteiger partial charge in [-0.25, -0.2) is 4.79 Å². The SMILES string of the molecule is O=C1OCCN1C1CCC(CCN2CCN(c3cccc(Cl)c3Cl)CC2)CC1. The molecule has 7 heteroatoms. The van der Waals surface area contributed by atoms with Crippen molar-refractivity contribution in [1.82, 2.24) is 9.80 Å². The van der Waals surface area contributed by atoms with E-state index in [0.29, 0.717) is 22.7 Å². The molecular weight excluding hydrogens is 397 g/mol. The Morgan fingerprint density at radius 1 is 1.00 bits per heavy atom. The van der Waals surface area contributed by atoms with E-state index in [4.69, 9.17) is 27.9 Å². The van der Waals surface area contributed by atoms with Gasteiger partial charge in [0.1, 0.15) is 6.61 Å². The summed E-state index contributed by atoms with van der Waals surface area (Å²) in [7, 11) is 0. The van der Waals surface area contributed by atoms with E-state index in [9.17, 15) is 4.79 Å². The molecule has 2 heterocycles. The van der Waals surface area contributed by atoms with E-state index in [2.05, 4.69) is 15.9 Å². The van der Waals surface area contributed by atoms with Crippen molar-refractivity contribution in [2.45, 2.75) is 38.1 Å². The molecule has 0 bridgehead atoms. The van der Waals surface area contributed by atoms with E-state index in [1.165, 1.54) is 19.3 Å². The Bertz CT molecular complexity index is 686. The molecule has 1 saturated carbocycles. The molecule has 5 nitrogen and oxygen atoms in total. The van der Waals surface area contributed by atoms with E-state index >= 15 is 0 Å². The summed E-state index contributed by atoms with van der Waals surface area (Å²) in [6.45, 7) is 6.61. The van der Waals surface area contributed by atoms with Crippen molar-refractivity contribution in [3.63, 3.8) is 0 Å². The third kappa shape index (κ3) is 4.52. The van der Waals surface area contributed by atoms with Crippen LogP contribution in [0.2, 0.25) is 10.0 Å². The first-order chi connectivity index (χ1) is 13.6. The van der Waals surface area contributed by atoms with Gasteiger partial charge in [-0.05, 0) is 56.7 Å². The number of carbonyl (C=O) groups is 1. The Balaban J connectivity index is 1.18. The molecule has 154 valence electrons. The van der Waals surface area contributed by atoms with Gasteiger partial charge in [-0.1, -0.05) is 29.3 Å². The molecule has 1 aliphatic carbocycles. The lowest BCUT2D eigenvalue weighted by Gasteiger charge is -2.38. The van der Waals surface area contributed by atoms with Gasteiger partial charge in [0.05, 0.1) is 22.3 Å². The number of benzene rings is 1. The van der Waals surface area contributed by atoms with Crippen LogP contribution in [0.15, 0.2) is 18.2 Å². The third-order valence-electron chi connectivity index (χ3n) is 6.55. The summed E-state index contributed by atoms with van der Waals surface area (Å²) in [5.41, 5.74) is 1.05. The van der Waals surface area contributed by atoms with Crippen LogP contribution in [0.1, 0.15) is 32.1 Å². The minimum absolute atomic E-state index is 0.110. The maximum Gasteiger partial charge on any atom is 0.410 e. The second-order valence-electron chi connectivity index (χ2n) is 8.17. The van der Waals surface area contributed by atoms with Gasteiger partial charge in [0.25, 0.3) is 0 Å². The van der Waals surface area contributed by atoms with Gasteiger partial charge in [-0.2, -0.15) is 0 Å². The highest BCUT2D eigenvalue weighted by atomic mass is 35.5. The fourth-order valence-corrected chi connectivity index (χ4v) is 5.21. The molecule has 0 unspecified atom stereocenters. The quantitative estimate of drug-likeness (QED) is 0.694. The first-order valence-electron chi connectivity index (χ1n) is 10.5. The van der Waals surface area contributed by atoms with Gasteiger partial charge in [0.15, 0.2) is 0 Å². The Kier molecular flexibility index (Phi) is 6.54. The molecule has 28 heavy (non-hydrogen) atoms. The molecule has 0 aromatic heterocycles. The normalized spacial score (nSPS) is 26.6. The predicted octanol–water partition coefficient (Wildman–Crippen LogP) is 4.52. The van der Waals surface area contributed by atoms with Gasteiger partial charge in [-0.3, -0.25) is 4.90 Å². The molecule has 2 saturated heterocycles. The third-order valence-corrected chi connectivity index (χ3v) is 7.36. The van der Waals surface area contributed by atoms with Crippen LogP contribution in [0.25, 0.3) is 0 Å². The van der Waals surface area contributed by atoms with Crippen molar-refractivity contribution in [3.05, 3.63) is 28.2 Å². The monoisotopic (exact) mass is 425 g/mol. The summed E-state index contributed by atoms with van der Waals surface area (Å²) in [6.07, 6.45) is 5.86. The van der Waals surface area contributed by atoms with Gasteiger partial charge in [0, 0.05) is 32.2 Å². The van der Waals surface area contributed by atoms with Crippen LogP contribution in [0.3, 0.4) is 0 Å². The Morgan fingerprint density at radius 2 is 1.75 bits per heavy atom. The van der Waals surface area contributed by atoms with Crippen molar-refractivity contribution in [3.8, 4) is 0 Å². The zero-order valence-corrected chi connectivity index (χ0v) is 17.8. The maximum absolute atomic E-state index is 11.7. The minimum Gasteiger partial charge on any atom is -0.448 e. The number of hydrogen-bond acceptors (Lipinski definition) is 4. The number of anilines is 1. The molecule has 1 aromatic carbocycles. The lowest BCUT2D eigenvalue weighted by molar-refractivity contribution is 0.128. The van der Waals surface area contributed by atoms with Gasteiger partial charge < -0.3 is 14.5 Å². The molecule has 4 rings (SSSR count). The van der Waals surface area contributed by atoms with E-state index < -0.39 is 0 Å². The Morgan fingerprint density at radius 3 is 2.43 bits per heavy atom. The van der Waals surface area contributed by atoms with Crippen molar-refractivity contribution >= 4 is 35.0 Å².